The number of hydrogen-bond donors (Lipinski definition) is 0. The minimum absolute atomic E-state index is 0.150. The first-order valence-electron chi connectivity index (χ1n) is 7.45. The minimum Gasteiger partial charge on any atom is -0.368 e. The Morgan fingerprint density at radius 3 is 2.62 bits per heavy atom. The number of amides is 1. The van der Waals surface area contributed by atoms with Crippen molar-refractivity contribution in [2.45, 2.75) is 5.16 Å². The van der Waals surface area contributed by atoms with Gasteiger partial charge in [0.05, 0.1) is 11.2 Å². The normalized spacial score (nSPS) is 14.8. The maximum atomic E-state index is 12.7. The summed E-state index contributed by atoms with van der Waals surface area (Å²) in [5, 5.41) is 1.54. The maximum absolute atomic E-state index is 12.7. The zero-order chi connectivity index (χ0) is 17.1. The second kappa shape index (κ2) is 7.59. The van der Waals surface area contributed by atoms with Crippen molar-refractivity contribution in [3.63, 3.8) is 0 Å². The third-order valence-corrected chi connectivity index (χ3v) is 4.92. The van der Waals surface area contributed by atoms with Crippen molar-refractivity contribution in [3.8, 4) is 0 Å². The molecule has 1 aromatic heterocycles. The Labute approximate surface area is 155 Å². The number of piperazine rings is 1. The lowest BCUT2D eigenvalue weighted by Crippen LogP contribution is -2.49. The van der Waals surface area contributed by atoms with E-state index in [0.717, 1.165) is 18.8 Å². The molecule has 1 fully saturated rings. The zero-order valence-electron chi connectivity index (χ0n) is 13.1. The molecule has 3 rings (SSSR count). The van der Waals surface area contributed by atoms with Gasteiger partial charge < -0.3 is 9.80 Å². The summed E-state index contributed by atoms with van der Waals surface area (Å²) >= 11 is 13.5. The Hall–Kier alpha value is -1.50. The number of thioether (sulfide) groups is 1. The molecule has 0 N–H and O–H groups in total. The topological polar surface area (TPSA) is 49.3 Å². The number of benzene rings is 1. The van der Waals surface area contributed by atoms with Crippen LogP contribution in [0.3, 0.4) is 0 Å². The summed E-state index contributed by atoms with van der Waals surface area (Å²) < 4.78 is 0. The van der Waals surface area contributed by atoms with E-state index >= 15 is 0 Å². The van der Waals surface area contributed by atoms with Gasteiger partial charge >= 0.3 is 0 Å². The van der Waals surface area contributed by atoms with E-state index in [4.69, 9.17) is 23.2 Å². The van der Waals surface area contributed by atoms with Gasteiger partial charge in [0.15, 0.2) is 10.9 Å². The standard InChI is InChI=1S/C16H16Cl2N4OS/c1-24-16-19-10-13(18)14(20-16)15(23)22-7-5-21(6-8-22)12-4-2-3-11(17)9-12/h2-4,9-10H,5-8H2,1H3. The summed E-state index contributed by atoms with van der Waals surface area (Å²) in [6.45, 7) is 2.70. The average molecular weight is 383 g/mol. The molecule has 2 aromatic rings. The van der Waals surface area contributed by atoms with Crippen LogP contribution in [0.25, 0.3) is 0 Å². The lowest BCUT2D eigenvalue weighted by Gasteiger charge is -2.36. The predicted molar refractivity (Wildman–Crippen MR) is 98.4 cm³/mol. The van der Waals surface area contributed by atoms with E-state index in [2.05, 4.69) is 14.9 Å². The number of aromatic nitrogens is 2. The lowest BCUT2D eigenvalue weighted by molar-refractivity contribution is 0.0740. The van der Waals surface area contributed by atoms with Crippen LogP contribution in [-0.2, 0) is 0 Å². The summed E-state index contributed by atoms with van der Waals surface area (Å²) in [4.78, 5) is 25.0. The third-order valence-electron chi connectivity index (χ3n) is 3.85. The van der Waals surface area contributed by atoms with Crippen LogP contribution in [0.2, 0.25) is 10.0 Å². The molecule has 0 radical (unpaired) electrons. The highest BCUT2D eigenvalue weighted by Gasteiger charge is 2.25. The number of carbonyl (C=O) groups is 1. The molecule has 1 aromatic carbocycles. The van der Waals surface area contributed by atoms with Gasteiger partial charge in [-0.2, -0.15) is 0 Å². The molecule has 0 aliphatic carbocycles. The molecule has 1 saturated heterocycles. The number of anilines is 1. The van der Waals surface area contributed by atoms with Crippen molar-refractivity contribution in [2.75, 3.05) is 37.3 Å². The summed E-state index contributed by atoms with van der Waals surface area (Å²) in [6, 6.07) is 7.74. The van der Waals surface area contributed by atoms with Crippen molar-refractivity contribution in [1.29, 1.82) is 0 Å². The molecule has 0 atom stereocenters. The van der Waals surface area contributed by atoms with Crippen molar-refractivity contribution >= 4 is 46.6 Å². The van der Waals surface area contributed by atoms with Crippen LogP contribution in [0, 0.1) is 0 Å². The number of nitrogens with zero attached hydrogens (tertiary/aromatic N) is 4. The Bertz CT molecular complexity index is 751. The summed E-state index contributed by atoms with van der Waals surface area (Å²) in [5.41, 5.74) is 1.34. The molecule has 0 bridgehead atoms. The van der Waals surface area contributed by atoms with E-state index in [1.54, 1.807) is 4.90 Å². The first-order chi connectivity index (χ1) is 11.6. The van der Waals surface area contributed by atoms with Gasteiger partial charge in [-0.15, -0.1) is 0 Å². The highest BCUT2D eigenvalue weighted by Crippen LogP contribution is 2.22. The molecule has 2 heterocycles. The largest absolute Gasteiger partial charge is 0.368 e. The van der Waals surface area contributed by atoms with E-state index in [0.29, 0.717) is 23.3 Å². The fourth-order valence-corrected chi connectivity index (χ4v) is 3.29. The van der Waals surface area contributed by atoms with Gasteiger partial charge in [-0.3, -0.25) is 4.79 Å². The van der Waals surface area contributed by atoms with Crippen LogP contribution >= 0.6 is 35.0 Å². The van der Waals surface area contributed by atoms with Crippen LogP contribution in [0.1, 0.15) is 10.5 Å². The average Bonchev–Trinajstić information content (AvgIpc) is 2.62. The molecule has 0 spiro atoms. The van der Waals surface area contributed by atoms with E-state index in [9.17, 15) is 4.79 Å². The van der Waals surface area contributed by atoms with Crippen LogP contribution in [0.4, 0.5) is 5.69 Å². The molecule has 1 amide bonds. The minimum atomic E-state index is -0.150. The molecule has 1 aliphatic rings. The Morgan fingerprint density at radius 1 is 1.21 bits per heavy atom. The maximum Gasteiger partial charge on any atom is 0.274 e. The molecule has 126 valence electrons. The van der Waals surface area contributed by atoms with E-state index in [-0.39, 0.29) is 16.6 Å². The van der Waals surface area contributed by atoms with Crippen LogP contribution in [0.15, 0.2) is 35.6 Å². The van der Waals surface area contributed by atoms with Crippen molar-refractivity contribution in [2.24, 2.45) is 0 Å². The SMILES string of the molecule is CSc1ncc(Cl)c(C(=O)N2CCN(c3cccc(Cl)c3)CC2)n1. The van der Waals surface area contributed by atoms with E-state index in [1.807, 2.05) is 30.5 Å². The Morgan fingerprint density at radius 2 is 1.96 bits per heavy atom. The van der Waals surface area contributed by atoms with Gasteiger partial charge in [0, 0.05) is 36.9 Å². The zero-order valence-corrected chi connectivity index (χ0v) is 15.4. The summed E-state index contributed by atoms with van der Waals surface area (Å²) in [6.07, 6.45) is 3.34. The molecule has 1 aliphatic heterocycles. The Kier molecular flexibility index (Phi) is 5.48. The van der Waals surface area contributed by atoms with Gasteiger partial charge in [0.2, 0.25) is 0 Å². The second-order valence-electron chi connectivity index (χ2n) is 5.31. The number of carbonyl (C=O) groups excluding carboxylic acids is 1. The van der Waals surface area contributed by atoms with Crippen molar-refractivity contribution < 1.29 is 4.79 Å². The fraction of sp³-hybridized carbons (Fsp3) is 0.312. The number of hydrogen-bond acceptors (Lipinski definition) is 5. The van der Waals surface area contributed by atoms with Crippen molar-refractivity contribution in [3.05, 3.63) is 46.2 Å². The predicted octanol–water partition coefficient (Wildman–Crippen LogP) is 3.47. The fourth-order valence-electron chi connectivity index (χ4n) is 2.59. The van der Waals surface area contributed by atoms with E-state index < -0.39 is 0 Å². The quantitative estimate of drug-likeness (QED) is 0.600. The number of rotatable bonds is 3. The van der Waals surface area contributed by atoms with Gasteiger partial charge in [0.25, 0.3) is 5.91 Å². The second-order valence-corrected chi connectivity index (χ2v) is 6.93. The number of halogens is 2. The van der Waals surface area contributed by atoms with Crippen molar-refractivity contribution in [1.82, 2.24) is 14.9 Å². The van der Waals surface area contributed by atoms with Gasteiger partial charge in [-0.25, -0.2) is 9.97 Å². The first kappa shape index (κ1) is 17.3. The summed E-state index contributed by atoms with van der Waals surface area (Å²) in [7, 11) is 0. The first-order valence-corrected chi connectivity index (χ1v) is 9.43. The van der Waals surface area contributed by atoms with E-state index in [1.165, 1.54) is 18.0 Å². The smallest absolute Gasteiger partial charge is 0.274 e. The van der Waals surface area contributed by atoms with Gasteiger partial charge in [-0.05, 0) is 24.5 Å². The van der Waals surface area contributed by atoms with Gasteiger partial charge in [0.1, 0.15) is 0 Å². The lowest BCUT2D eigenvalue weighted by atomic mass is 10.2. The van der Waals surface area contributed by atoms with Crippen LogP contribution < -0.4 is 4.90 Å². The molecular weight excluding hydrogens is 367 g/mol. The van der Waals surface area contributed by atoms with Crippen LogP contribution in [0.5, 0.6) is 0 Å². The highest BCUT2D eigenvalue weighted by atomic mass is 35.5. The molecule has 0 unspecified atom stereocenters. The van der Waals surface area contributed by atoms with Gasteiger partial charge in [-0.1, -0.05) is 41.0 Å². The molecule has 8 heteroatoms. The monoisotopic (exact) mass is 382 g/mol. The third kappa shape index (κ3) is 3.77. The Balaban J connectivity index is 1.69. The molecule has 5 nitrogen and oxygen atoms in total. The summed E-state index contributed by atoms with van der Waals surface area (Å²) in [5.74, 6) is -0.150. The molecule has 0 saturated carbocycles. The molecular formula is C16H16Cl2N4OS. The van der Waals surface area contributed by atoms with Crippen LogP contribution in [-0.4, -0.2) is 53.2 Å². The highest BCUT2D eigenvalue weighted by molar-refractivity contribution is 7.98. The molecule has 24 heavy (non-hydrogen) atoms.